The first kappa shape index (κ1) is 19.3. The van der Waals surface area contributed by atoms with Crippen LogP contribution < -0.4 is 0 Å². The molecular weight excluding hydrogens is 386 g/mol. The van der Waals surface area contributed by atoms with Gasteiger partial charge in [-0.1, -0.05) is 92.1 Å². The Morgan fingerprint density at radius 3 is 2.19 bits per heavy atom. The summed E-state index contributed by atoms with van der Waals surface area (Å²) in [4.78, 5) is 4.96. The average molecular weight is 414 g/mol. The molecule has 0 atom stereocenters. The minimum Gasteiger partial charge on any atom is -0.248 e. The summed E-state index contributed by atoms with van der Waals surface area (Å²) in [5.41, 5.74) is 7.30. The lowest BCUT2D eigenvalue weighted by Gasteiger charge is -2.22. The predicted octanol–water partition coefficient (Wildman–Crippen LogP) is 8.77. The van der Waals surface area contributed by atoms with Crippen LogP contribution in [0.5, 0.6) is 0 Å². The minimum absolute atomic E-state index is 0.739. The lowest BCUT2D eigenvalue weighted by atomic mass is 9.83. The summed E-state index contributed by atoms with van der Waals surface area (Å²) in [6.07, 6.45) is 6.82. The van der Waals surface area contributed by atoms with Gasteiger partial charge in [-0.15, -0.1) is 0 Å². The maximum atomic E-state index is 4.96. The molecule has 1 fully saturated rings. The van der Waals surface area contributed by atoms with E-state index in [0.29, 0.717) is 0 Å². The van der Waals surface area contributed by atoms with Gasteiger partial charge in [-0.05, 0) is 70.5 Å². The van der Waals surface area contributed by atoms with Gasteiger partial charge < -0.3 is 0 Å². The third-order valence-corrected chi connectivity index (χ3v) is 7.05. The molecule has 0 aliphatic heterocycles. The Bertz CT molecular complexity index is 1390. The van der Waals surface area contributed by atoms with E-state index in [0.717, 1.165) is 17.1 Å². The number of aromatic nitrogens is 1. The maximum absolute atomic E-state index is 4.96. The average Bonchev–Trinajstić information content (AvgIpc) is 2.88. The first-order chi connectivity index (χ1) is 15.8. The van der Waals surface area contributed by atoms with Gasteiger partial charge in [0.25, 0.3) is 0 Å². The molecule has 1 aromatic heterocycles. The van der Waals surface area contributed by atoms with Gasteiger partial charge in [0.05, 0.1) is 11.2 Å². The van der Waals surface area contributed by atoms with Crippen LogP contribution in [0.4, 0.5) is 0 Å². The fourth-order valence-electron chi connectivity index (χ4n) is 5.29. The second-order valence-corrected chi connectivity index (χ2v) is 9.09. The number of para-hydroxylation sites is 1. The van der Waals surface area contributed by atoms with E-state index in [9.17, 15) is 0 Å². The quantitative estimate of drug-likeness (QED) is 0.288. The molecule has 0 N–H and O–H groups in total. The molecule has 0 amide bonds. The van der Waals surface area contributed by atoms with Gasteiger partial charge in [0.2, 0.25) is 0 Å². The Morgan fingerprint density at radius 2 is 1.34 bits per heavy atom. The Balaban J connectivity index is 1.45. The predicted molar refractivity (Wildman–Crippen MR) is 136 cm³/mol. The Labute approximate surface area is 189 Å². The molecule has 156 valence electrons. The largest absolute Gasteiger partial charge is 0.248 e. The highest BCUT2D eigenvalue weighted by Crippen LogP contribution is 2.37. The van der Waals surface area contributed by atoms with E-state index < -0.39 is 0 Å². The lowest BCUT2D eigenvalue weighted by molar-refractivity contribution is 0.443. The zero-order valence-electron chi connectivity index (χ0n) is 18.3. The Morgan fingerprint density at radius 1 is 0.594 bits per heavy atom. The molecule has 0 bridgehead atoms. The number of nitrogens with zero attached hydrogens (tertiary/aromatic N) is 1. The summed E-state index contributed by atoms with van der Waals surface area (Å²) in [6.45, 7) is 0. The van der Waals surface area contributed by atoms with Gasteiger partial charge in [-0.3, -0.25) is 0 Å². The van der Waals surface area contributed by atoms with Crippen molar-refractivity contribution in [1.82, 2.24) is 4.98 Å². The molecule has 1 nitrogen and oxygen atoms in total. The first-order valence-electron chi connectivity index (χ1n) is 11.8. The lowest BCUT2D eigenvalue weighted by Crippen LogP contribution is -2.04. The van der Waals surface area contributed by atoms with Crippen molar-refractivity contribution in [2.75, 3.05) is 0 Å². The van der Waals surface area contributed by atoms with Crippen LogP contribution in [0.3, 0.4) is 0 Å². The molecule has 0 unspecified atom stereocenters. The van der Waals surface area contributed by atoms with E-state index in [4.69, 9.17) is 4.98 Å². The van der Waals surface area contributed by atoms with Gasteiger partial charge in [-0.25, -0.2) is 4.98 Å². The van der Waals surface area contributed by atoms with E-state index in [2.05, 4.69) is 97.1 Å². The Hall–Kier alpha value is -3.45. The molecule has 1 aliphatic rings. The Kier molecular flexibility index (Phi) is 4.96. The van der Waals surface area contributed by atoms with Crippen LogP contribution in [0.15, 0.2) is 97.1 Å². The van der Waals surface area contributed by atoms with Crippen molar-refractivity contribution in [3.63, 3.8) is 0 Å². The highest BCUT2D eigenvalue weighted by molar-refractivity contribution is 6.00. The molecule has 0 saturated heterocycles. The number of hydrogen-bond donors (Lipinski definition) is 0. The smallest absolute Gasteiger partial charge is 0.0710 e. The molecule has 1 aliphatic carbocycles. The fraction of sp³-hybridized carbons (Fsp3) is 0.194. The van der Waals surface area contributed by atoms with Crippen molar-refractivity contribution < 1.29 is 0 Å². The number of benzene rings is 4. The summed E-state index contributed by atoms with van der Waals surface area (Å²) < 4.78 is 0. The van der Waals surface area contributed by atoms with Crippen LogP contribution in [0.25, 0.3) is 44.1 Å². The second kappa shape index (κ2) is 8.24. The molecule has 1 heterocycles. The van der Waals surface area contributed by atoms with Crippen LogP contribution in [0.1, 0.15) is 43.6 Å². The zero-order valence-corrected chi connectivity index (χ0v) is 18.3. The van der Waals surface area contributed by atoms with Crippen molar-refractivity contribution >= 4 is 21.7 Å². The van der Waals surface area contributed by atoms with Crippen LogP contribution in [-0.4, -0.2) is 4.98 Å². The van der Waals surface area contributed by atoms with Gasteiger partial charge in [0, 0.05) is 10.9 Å². The van der Waals surface area contributed by atoms with E-state index in [1.807, 2.05) is 0 Å². The number of rotatable bonds is 3. The molecule has 0 radical (unpaired) electrons. The van der Waals surface area contributed by atoms with E-state index in [1.54, 1.807) is 0 Å². The van der Waals surface area contributed by atoms with Crippen molar-refractivity contribution in [3.05, 3.63) is 103 Å². The molecule has 1 heteroatoms. The van der Waals surface area contributed by atoms with Crippen molar-refractivity contribution in [2.24, 2.45) is 0 Å². The molecule has 5 aromatic rings. The normalized spacial score (nSPS) is 14.8. The van der Waals surface area contributed by atoms with Gasteiger partial charge in [0.1, 0.15) is 0 Å². The summed E-state index contributed by atoms with van der Waals surface area (Å²) in [7, 11) is 0. The molecule has 4 aromatic carbocycles. The van der Waals surface area contributed by atoms with Crippen LogP contribution in [0.2, 0.25) is 0 Å². The third-order valence-electron chi connectivity index (χ3n) is 7.05. The van der Waals surface area contributed by atoms with Crippen LogP contribution in [-0.2, 0) is 0 Å². The van der Waals surface area contributed by atoms with Crippen molar-refractivity contribution in [3.8, 4) is 22.4 Å². The third kappa shape index (κ3) is 3.58. The summed E-state index contributed by atoms with van der Waals surface area (Å²) in [5, 5.41) is 3.73. The van der Waals surface area contributed by atoms with Gasteiger partial charge in [-0.2, -0.15) is 0 Å². The summed E-state index contributed by atoms with van der Waals surface area (Å²) in [5.74, 6) is 0.739. The van der Waals surface area contributed by atoms with Crippen LogP contribution >= 0.6 is 0 Å². The van der Waals surface area contributed by atoms with Gasteiger partial charge in [0.15, 0.2) is 0 Å². The molecule has 1 saturated carbocycles. The highest BCUT2D eigenvalue weighted by atomic mass is 14.7. The zero-order chi connectivity index (χ0) is 21.3. The SMILES string of the molecule is c1ccc2nc(-c3cc(-c4ccc(C5CCCCC5)cc4)c4ccccc4c3)ccc2c1. The highest BCUT2D eigenvalue weighted by Gasteiger charge is 2.16. The second-order valence-electron chi connectivity index (χ2n) is 9.09. The molecule has 32 heavy (non-hydrogen) atoms. The van der Waals surface area contributed by atoms with Crippen molar-refractivity contribution in [1.29, 1.82) is 0 Å². The summed E-state index contributed by atoms with van der Waals surface area (Å²) >= 11 is 0. The first-order valence-corrected chi connectivity index (χ1v) is 11.8. The fourth-order valence-corrected chi connectivity index (χ4v) is 5.29. The number of fused-ring (bicyclic) bond motifs is 2. The van der Waals surface area contributed by atoms with Crippen LogP contribution in [0, 0.1) is 0 Å². The molecular formula is C31H27N. The number of hydrogen-bond acceptors (Lipinski definition) is 1. The standard InChI is InChI=1S/C31H27N/c1-2-8-22(9-3-1)23-14-16-24(17-15-23)29-21-27(20-26-11-4-6-12-28(26)29)31-19-18-25-10-5-7-13-30(25)32-31/h4-7,10-22H,1-3,8-9H2. The van der Waals surface area contributed by atoms with E-state index in [-0.39, 0.29) is 0 Å². The molecule has 0 spiro atoms. The van der Waals surface area contributed by atoms with Crippen molar-refractivity contribution in [2.45, 2.75) is 38.0 Å². The van der Waals surface area contributed by atoms with E-state index >= 15 is 0 Å². The topological polar surface area (TPSA) is 12.9 Å². The van der Waals surface area contributed by atoms with E-state index in [1.165, 1.54) is 70.5 Å². The monoisotopic (exact) mass is 413 g/mol. The minimum atomic E-state index is 0.739. The van der Waals surface area contributed by atoms with Gasteiger partial charge >= 0.3 is 0 Å². The molecule has 6 rings (SSSR count). The summed E-state index contributed by atoms with van der Waals surface area (Å²) in [6, 6.07) is 35.3. The maximum Gasteiger partial charge on any atom is 0.0710 e. The number of pyridine rings is 1.